The zero-order valence-electron chi connectivity index (χ0n) is 11.8. The first kappa shape index (κ1) is 16.9. The third kappa shape index (κ3) is 5.03. The standard InChI is InChI=1S/C12H16NO8/c1-6(14)18-5-10-12(21-8(3)16)11(20-7(2)15)9(13-17)4-19-10/h4,10-12,17H,5H2,1-3H3/t10-,11-,12-/m1/s1. The summed E-state index contributed by atoms with van der Waals surface area (Å²) in [6.07, 6.45) is -3.17. The van der Waals surface area contributed by atoms with E-state index in [1.165, 1.54) is 6.92 Å². The minimum Gasteiger partial charge on any atom is -0.463 e. The lowest BCUT2D eigenvalue weighted by molar-refractivity contribution is -0.178. The van der Waals surface area contributed by atoms with E-state index in [9.17, 15) is 14.4 Å². The number of nitrogens with zero attached hydrogens (tertiary/aromatic N) is 1. The number of hydrogen-bond donors (Lipinski definition) is 1. The molecule has 0 spiro atoms. The molecule has 1 N–H and O–H groups in total. The van der Waals surface area contributed by atoms with E-state index >= 15 is 0 Å². The van der Waals surface area contributed by atoms with E-state index in [-0.39, 0.29) is 12.3 Å². The molecule has 0 saturated carbocycles. The molecule has 0 amide bonds. The quantitative estimate of drug-likeness (QED) is 0.328. The molecule has 1 rings (SSSR count). The average molecular weight is 302 g/mol. The first-order valence-electron chi connectivity index (χ1n) is 6.03. The van der Waals surface area contributed by atoms with E-state index in [1.807, 2.05) is 0 Å². The molecule has 9 heteroatoms. The van der Waals surface area contributed by atoms with Crippen molar-refractivity contribution in [2.24, 2.45) is 5.16 Å². The summed E-state index contributed by atoms with van der Waals surface area (Å²) in [6.45, 7) is 4.33. The van der Waals surface area contributed by atoms with E-state index < -0.39 is 36.2 Å². The minimum absolute atomic E-state index is 0.129. The van der Waals surface area contributed by atoms with Gasteiger partial charge in [-0.3, -0.25) is 14.4 Å². The second-order valence-electron chi connectivity index (χ2n) is 4.22. The van der Waals surface area contributed by atoms with E-state index in [2.05, 4.69) is 5.16 Å². The molecule has 21 heavy (non-hydrogen) atoms. The topological polar surface area (TPSA) is 121 Å². The summed E-state index contributed by atoms with van der Waals surface area (Å²) in [6, 6.07) is 0. The highest BCUT2D eigenvalue weighted by Crippen LogP contribution is 2.23. The molecule has 1 heterocycles. The second-order valence-corrected chi connectivity index (χ2v) is 4.22. The fourth-order valence-corrected chi connectivity index (χ4v) is 1.71. The van der Waals surface area contributed by atoms with Crippen LogP contribution >= 0.6 is 0 Å². The van der Waals surface area contributed by atoms with Crippen molar-refractivity contribution in [1.29, 1.82) is 0 Å². The van der Waals surface area contributed by atoms with Gasteiger partial charge in [0.25, 0.3) is 0 Å². The lowest BCUT2D eigenvalue weighted by Crippen LogP contribution is -2.54. The van der Waals surface area contributed by atoms with Crippen molar-refractivity contribution in [1.82, 2.24) is 0 Å². The zero-order valence-corrected chi connectivity index (χ0v) is 11.8. The summed E-state index contributed by atoms with van der Waals surface area (Å²) >= 11 is 0. The summed E-state index contributed by atoms with van der Waals surface area (Å²) in [7, 11) is 0. The second kappa shape index (κ2) is 7.58. The molecule has 1 aliphatic heterocycles. The maximum Gasteiger partial charge on any atom is 0.303 e. The summed E-state index contributed by atoms with van der Waals surface area (Å²) in [5, 5.41) is 11.8. The van der Waals surface area contributed by atoms with Gasteiger partial charge in [0, 0.05) is 20.8 Å². The Morgan fingerprint density at radius 2 is 1.81 bits per heavy atom. The Kier molecular flexibility index (Phi) is 6.10. The molecule has 9 nitrogen and oxygen atoms in total. The Hall–Kier alpha value is -2.16. The Balaban J connectivity index is 2.95. The van der Waals surface area contributed by atoms with Crippen molar-refractivity contribution in [3.05, 3.63) is 6.61 Å². The van der Waals surface area contributed by atoms with Gasteiger partial charge in [0.2, 0.25) is 0 Å². The minimum atomic E-state index is -1.16. The van der Waals surface area contributed by atoms with E-state index in [4.69, 9.17) is 24.2 Å². The van der Waals surface area contributed by atoms with Gasteiger partial charge in [0.15, 0.2) is 12.2 Å². The molecule has 1 fully saturated rings. The fourth-order valence-electron chi connectivity index (χ4n) is 1.71. The van der Waals surface area contributed by atoms with Gasteiger partial charge < -0.3 is 24.2 Å². The van der Waals surface area contributed by atoms with Crippen LogP contribution in [0.5, 0.6) is 0 Å². The summed E-state index contributed by atoms with van der Waals surface area (Å²) in [5.41, 5.74) is -0.129. The molecule has 3 atom stereocenters. The molecular formula is C12H16NO8. The van der Waals surface area contributed by atoms with Gasteiger partial charge in [-0.05, 0) is 0 Å². The van der Waals surface area contributed by atoms with Gasteiger partial charge in [0.1, 0.15) is 25.0 Å². The predicted octanol–water partition coefficient (Wildman–Crippen LogP) is -0.196. The average Bonchev–Trinajstić information content (AvgIpc) is 2.37. The molecule has 0 aromatic heterocycles. The smallest absolute Gasteiger partial charge is 0.303 e. The largest absolute Gasteiger partial charge is 0.463 e. The Labute approximate surface area is 120 Å². The normalized spacial score (nSPS) is 27.0. The molecular weight excluding hydrogens is 286 g/mol. The zero-order chi connectivity index (χ0) is 16.0. The van der Waals surface area contributed by atoms with Crippen molar-refractivity contribution in [3.63, 3.8) is 0 Å². The van der Waals surface area contributed by atoms with Crippen LogP contribution in [-0.4, -0.2) is 53.7 Å². The number of rotatable bonds is 4. The van der Waals surface area contributed by atoms with Crippen LogP contribution in [0.3, 0.4) is 0 Å². The number of carbonyl (C=O) groups is 3. The van der Waals surface area contributed by atoms with Gasteiger partial charge in [0.05, 0.1) is 0 Å². The highest BCUT2D eigenvalue weighted by Gasteiger charge is 2.44. The maximum absolute atomic E-state index is 11.2. The molecule has 1 aliphatic rings. The van der Waals surface area contributed by atoms with Crippen molar-refractivity contribution < 1.29 is 38.5 Å². The van der Waals surface area contributed by atoms with E-state index in [0.717, 1.165) is 20.5 Å². The van der Waals surface area contributed by atoms with Gasteiger partial charge >= 0.3 is 17.9 Å². The highest BCUT2D eigenvalue weighted by molar-refractivity contribution is 5.97. The Bertz CT molecular complexity index is 447. The van der Waals surface area contributed by atoms with Crippen LogP contribution in [-0.2, 0) is 33.3 Å². The summed E-state index contributed by atoms with van der Waals surface area (Å²) in [4.78, 5) is 33.2. The third-order valence-corrected chi connectivity index (χ3v) is 2.48. The van der Waals surface area contributed by atoms with Crippen LogP contribution < -0.4 is 0 Å². The van der Waals surface area contributed by atoms with Crippen LogP contribution in [0.1, 0.15) is 20.8 Å². The Morgan fingerprint density at radius 1 is 1.19 bits per heavy atom. The monoisotopic (exact) mass is 302 g/mol. The first-order valence-corrected chi connectivity index (χ1v) is 6.03. The van der Waals surface area contributed by atoms with Crippen LogP contribution in [0.4, 0.5) is 0 Å². The van der Waals surface area contributed by atoms with Gasteiger partial charge in [-0.25, -0.2) is 0 Å². The van der Waals surface area contributed by atoms with Gasteiger partial charge in [-0.15, -0.1) is 0 Å². The Morgan fingerprint density at radius 3 is 2.29 bits per heavy atom. The number of carbonyl (C=O) groups excluding carboxylic acids is 3. The van der Waals surface area contributed by atoms with Gasteiger partial charge in [-0.2, -0.15) is 0 Å². The van der Waals surface area contributed by atoms with Crippen LogP contribution in [0.25, 0.3) is 0 Å². The highest BCUT2D eigenvalue weighted by atomic mass is 16.6. The summed E-state index contributed by atoms with van der Waals surface area (Å²) < 4.78 is 20.0. The number of esters is 3. The number of oxime groups is 1. The molecule has 0 bridgehead atoms. The van der Waals surface area contributed by atoms with Gasteiger partial charge in [-0.1, -0.05) is 5.16 Å². The molecule has 117 valence electrons. The van der Waals surface area contributed by atoms with Crippen LogP contribution in [0.15, 0.2) is 5.16 Å². The third-order valence-electron chi connectivity index (χ3n) is 2.48. The van der Waals surface area contributed by atoms with Crippen molar-refractivity contribution >= 4 is 23.6 Å². The molecule has 1 saturated heterocycles. The van der Waals surface area contributed by atoms with Crippen molar-refractivity contribution in [2.45, 2.75) is 39.1 Å². The number of hydrogen-bond acceptors (Lipinski definition) is 9. The fraction of sp³-hybridized carbons (Fsp3) is 0.583. The molecule has 0 aromatic carbocycles. The number of ether oxygens (including phenoxy) is 4. The first-order chi connectivity index (χ1) is 9.85. The van der Waals surface area contributed by atoms with Crippen LogP contribution in [0, 0.1) is 6.61 Å². The van der Waals surface area contributed by atoms with E-state index in [0.29, 0.717) is 0 Å². The molecule has 1 radical (unpaired) electrons. The van der Waals surface area contributed by atoms with E-state index in [1.54, 1.807) is 0 Å². The SMILES string of the molecule is CC(=O)OC[C@H]1O[CH]C(=NO)[C@@H](OC(C)=O)[C@@H]1OC(C)=O. The molecule has 0 aliphatic carbocycles. The van der Waals surface area contributed by atoms with Crippen LogP contribution in [0.2, 0.25) is 0 Å². The predicted molar refractivity (Wildman–Crippen MR) is 66.1 cm³/mol. The summed E-state index contributed by atoms with van der Waals surface area (Å²) in [5.74, 6) is -1.88. The maximum atomic E-state index is 11.2. The lowest BCUT2D eigenvalue weighted by atomic mass is 10.0. The van der Waals surface area contributed by atoms with Crippen molar-refractivity contribution in [2.75, 3.05) is 6.61 Å². The lowest BCUT2D eigenvalue weighted by Gasteiger charge is -2.35. The molecule has 0 aromatic rings. The van der Waals surface area contributed by atoms with Crippen molar-refractivity contribution in [3.8, 4) is 0 Å². The molecule has 0 unspecified atom stereocenters.